The number of ether oxygens (including phenoxy) is 1. The lowest BCUT2D eigenvalue weighted by atomic mass is 10.2. The Bertz CT molecular complexity index is 408. The van der Waals surface area contributed by atoms with Gasteiger partial charge in [-0.15, -0.1) is 5.92 Å². The topological polar surface area (TPSA) is 33.0 Å². The largest absolute Gasteiger partial charge is 0.376 e. The first-order chi connectivity index (χ1) is 7.86. The van der Waals surface area contributed by atoms with Crippen molar-refractivity contribution in [3.8, 4) is 17.9 Å². The lowest BCUT2D eigenvalue weighted by Gasteiger charge is -2.01. The second-order valence-electron chi connectivity index (χ2n) is 3.10. The van der Waals surface area contributed by atoms with Gasteiger partial charge in [0.25, 0.3) is 0 Å². The van der Waals surface area contributed by atoms with Gasteiger partial charge in [-0.05, 0) is 17.7 Å². The number of rotatable bonds is 4. The number of halogens is 1. The molecule has 0 aliphatic carbocycles. The molecule has 0 saturated carbocycles. The van der Waals surface area contributed by atoms with E-state index >= 15 is 0 Å². The Hall–Kier alpha value is -1.29. The highest BCUT2D eigenvalue weighted by atomic mass is 79.9. The fourth-order valence-electron chi connectivity index (χ4n) is 1.12. The minimum Gasteiger partial charge on any atom is -0.376 e. The summed E-state index contributed by atoms with van der Waals surface area (Å²) >= 11 is 3.23. The minimum atomic E-state index is 0.571. The lowest BCUT2D eigenvalue weighted by molar-refractivity contribution is 0.126. The smallest absolute Gasteiger partial charge is 0.0991 e. The van der Waals surface area contributed by atoms with E-state index < -0.39 is 0 Å². The zero-order valence-electron chi connectivity index (χ0n) is 8.87. The molecule has 0 N–H and O–H groups in total. The van der Waals surface area contributed by atoms with Crippen LogP contribution >= 0.6 is 15.9 Å². The summed E-state index contributed by atoms with van der Waals surface area (Å²) in [4.78, 5) is 0. The van der Waals surface area contributed by atoms with Gasteiger partial charge in [0.05, 0.1) is 30.2 Å². The summed E-state index contributed by atoms with van der Waals surface area (Å²) in [6.45, 7) is 1.21. The Kier molecular flexibility index (Phi) is 6.33. The molecule has 0 radical (unpaired) electrons. The number of nitrogens with zero attached hydrogens (tertiary/aromatic N) is 1. The van der Waals surface area contributed by atoms with Crippen molar-refractivity contribution in [1.29, 1.82) is 5.26 Å². The van der Waals surface area contributed by atoms with Crippen molar-refractivity contribution in [3.63, 3.8) is 0 Å². The van der Waals surface area contributed by atoms with Crippen LogP contribution < -0.4 is 0 Å². The average molecular weight is 278 g/mol. The van der Waals surface area contributed by atoms with Crippen LogP contribution in [0.4, 0.5) is 0 Å². The average Bonchev–Trinajstić information content (AvgIpc) is 2.34. The third-order valence-corrected chi connectivity index (χ3v) is 2.20. The minimum absolute atomic E-state index is 0.571. The Labute approximate surface area is 104 Å². The summed E-state index contributed by atoms with van der Waals surface area (Å²) < 4.78 is 5.44. The highest BCUT2D eigenvalue weighted by molar-refractivity contribution is 9.09. The third kappa shape index (κ3) is 4.98. The molecule has 0 aliphatic heterocycles. The van der Waals surface area contributed by atoms with Gasteiger partial charge in [0.2, 0.25) is 0 Å². The molecule has 0 unspecified atom stereocenters. The molecule has 0 atom stereocenters. The van der Waals surface area contributed by atoms with Crippen LogP contribution in [0.2, 0.25) is 0 Å². The number of hydrogen-bond donors (Lipinski definition) is 0. The van der Waals surface area contributed by atoms with Gasteiger partial charge < -0.3 is 4.74 Å². The maximum atomic E-state index is 8.62. The molecule has 0 aliphatic rings. The van der Waals surface area contributed by atoms with Crippen molar-refractivity contribution in [2.75, 3.05) is 11.9 Å². The van der Waals surface area contributed by atoms with Crippen LogP contribution in [0.5, 0.6) is 0 Å². The number of benzene rings is 1. The van der Waals surface area contributed by atoms with E-state index in [1.165, 1.54) is 0 Å². The van der Waals surface area contributed by atoms with E-state index in [9.17, 15) is 0 Å². The van der Waals surface area contributed by atoms with Crippen molar-refractivity contribution >= 4 is 15.9 Å². The van der Waals surface area contributed by atoms with Crippen LogP contribution in [0.25, 0.3) is 0 Å². The maximum Gasteiger partial charge on any atom is 0.0991 e. The molecule has 16 heavy (non-hydrogen) atoms. The summed E-state index contributed by atoms with van der Waals surface area (Å²) in [5.41, 5.74) is 1.75. The van der Waals surface area contributed by atoms with Crippen LogP contribution in [-0.4, -0.2) is 11.9 Å². The van der Waals surface area contributed by atoms with Crippen molar-refractivity contribution < 1.29 is 4.74 Å². The predicted molar refractivity (Wildman–Crippen MR) is 67.0 cm³/mol. The first-order valence-electron chi connectivity index (χ1n) is 4.95. The lowest BCUT2D eigenvalue weighted by Crippen LogP contribution is -1.94. The van der Waals surface area contributed by atoms with Crippen LogP contribution in [-0.2, 0) is 11.3 Å². The first kappa shape index (κ1) is 12.8. The van der Waals surface area contributed by atoms with E-state index in [4.69, 9.17) is 10.00 Å². The van der Waals surface area contributed by atoms with Gasteiger partial charge >= 0.3 is 0 Å². The van der Waals surface area contributed by atoms with Crippen molar-refractivity contribution in [2.24, 2.45) is 0 Å². The maximum absolute atomic E-state index is 8.62. The van der Waals surface area contributed by atoms with E-state index in [0.29, 0.717) is 24.1 Å². The molecule has 0 heterocycles. The fourth-order valence-corrected chi connectivity index (χ4v) is 1.32. The summed E-state index contributed by atoms with van der Waals surface area (Å²) in [6.07, 6.45) is 0.752. The van der Waals surface area contributed by atoms with Crippen LogP contribution in [0.1, 0.15) is 17.5 Å². The first-order valence-corrected chi connectivity index (χ1v) is 6.07. The molecular weight excluding hydrogens is 266 g/mol. The monoisotopic (exact) mass is 277 g/mol. The van der Waals surface area contributed by atoms with Crippen molar-refractivity contribution in [3.05, 3.63) is 35.4 Å². The van der Waals surface area contributed by atoms with Crippen molar-refractivity contribution in [2.45, 2.75) is 13.0 Å². The molecular formula is C13H12BrNO. The predicted octanol–water partition coefficient (Wildman–Crippen LogP) is 2.86. The summed E-state index contributed by atoms with van der Waals surface area (Å²) in [5.74, 6) is 5.89. The molecule has 3 heteroatoms. The highest BCUT2D eigenvalue weighted by Crippen LogP contribution is 2.04. The summed E-state index contributed by atoms with van der Waals surface area (Å²) in [5, 5.41) is 9.34. The Morgan fingerprint density at radius 3 is 2.56 bits per heavy atom. The van der Waals surface area contributed by atoms with Crippen LogP contribution in [0, 0.1) is 23.2 Å². The fraction of sp³-hybridized carbons (Fsp3) is 0.308. The highest BCUT2D eigenvalue weighted by Gasteiger charge is 1.93. The Morgan fingerprint density at radius 1 is 1.19 bits per heavy atom. The number of nitriles is 1. The van der Waals surface area contributed by atoms with Gasteiger partial charge in [-0.2, -0.15) is 5.26 Å². The molecule has 0 amide bonds. The quantitative estimate of drug-likeness (QED) is 0.482. The normalized spacial score (nSPS) is 9.00. The second kappa shape index (κ2) is 7.93. The molecule has 1 aromatic rings. The van der Waals surface area contributed by atoms with Gasteiger partial charge in [0.15, 0.2) is 0 Å². The molecule has 1 aromatic carbocycles. The van der Waals surface area contributed by atoms with Gasteiger partial charge in [0.1, 0.15) is 0 Å². The van der Waals surface area contributed by atoms with Gasteiger partial charge in [-0.3, -0.25) is 0 Å². The molecule has 0 spiro atoms. The standard InChI is InChI=1S/C13H12BrNO/c14-8-2-1-3-9-16-11-13-6-4-12(10-15)5-7-13/h4-7H,3,8-9,11H2. The van der Waals surface area contributed by atoms with Crippen LogP contribution in [0.15, 0.2) is 24.3 Å². The molecule has 0 aromatic heterocycles. The molecule has 1 rings (SSSR count). The van der Waals surface area contributed by atoms with Gasteiger partial charge in [-0.25, -0.2) is 0 Å². The number of alkyl halides is 1. The van der Waals surface area contributed by atoms with Gasteiger partial charge in [-0.1, -0.05) is 34.0 Å². The van der Waals surface area contributed by atoms with E-state index in [1.807, 2.05) is 12.1 Å². The van der Waals surface area contributed by atoms with Crippen LogP contribution in [0.3, 0.4) is 0 Å². The molecule has 0 fully saturated rings. The van der Waals surface area contributed by atoms with Crippen molar-refractivity contribution in [1.82, 2.24) is 0 Å². The summed E-state index contributed by atoms with van der Waals surface area (Å²) in [6, 6.07) is 9.48. The second-order valence-corrected chi connectivity index (χ2v) is 3.66. The zero-order valence-corrected chi connectivity index (χ0v) is 10.5. The third-order valence-electron chi connectivity index (χ3n) is 1.91. The van der Waals surface area contributed by atoms with E-state index in [-0.39, 0.29) is 0 Å². The van der Waals surface area contributed by atoms with E-state index in [1.54, 1.807) is 12.1 Å². The SMILES string of the molecule is N#Cc1ccc(COCCC#CCBr)cc1. The number of hydrogen-bond acceptors (Lipinski definition) is 2. The Balaban J connectivity index is 2.24. The molecule has 82 valence electrons. The van der Waals surface area contributed by atoms with E-state index in [2.05, 4.69) is 33.8 Å². The zero-order chi connectivity index (χ0) is 11.6. The van der Waals surface area contributed by atoms with Gasteiger partial charge in [0, 0.05) is 6.42 Å². The molecule has 0 bridgehead atoms. The van der Waals surface area contributed by atoms with E-state index in [0.717, 1.165) is 12.0 Å². The molecule has 0 saturated heterocycles. The summed E-state index contributed by atoms with van der Waals surface area (Å²) in [7, 11) is 0. The Morgan fingerprint density at radius 2 is 1.94 bits per heavy atom. The molecule has 2 nitrogen and oxygen atoms in total.